The van der Waals surface area contributed by atoms with Gasteiger partial charge in [0.05, 0.1) is 13.2 Å². The number of aliphatic hydroxyl groups excluding tert-OH is 2. The van der Waals surface area contributed by atoms with Gasteiger partial charge in [-0.3, -0.25) is 0 Å². The monoisotopic (exact) mass is 200 g/mol. The van der Waals surface area contributed by atoms with Crippen LogP contribution in [0.25, 0.3) is 0 Å². The minimum Gasteiger partial charge on any atom is -0.396 e. The average molecular weight is 200 g/mol. The van der Waals surface area contributed by atoms with Crippen LogP contribution in [0.3, 0.4) is 0 Å². The van der Waals surface area contributed by atoms with Crippen molar-refractivity contribution in [2.24, 2.45) is 22.7 Å². The molecule has 0 aromatic heterocycles. The molecule has 0 saturated heterocycles. The summed E-state index contributed by atoms with van der Waals surface area (Å²) >= 11 is 0. The first-order valence-corrected chi connectivity index (χ1v) is 5.64. The highest BCUT2D eigenvalue weighted by Gasteiger charge is 2.56. The van der Waals surface area contributed by atoms with Crippen LogP contribution >= 0.6 is 0 Å². The van der Waals surface area contributed by atoms with E-state index in [1.54, 1.807) is 0 Å². The predicted octanol–water partition coefficient (Wildman–Crippen LogP) is 2.05. The van der Waals surface area contributed by atoms with E-state index in [1.807, 2.05) is 0 Å². The predicted molar refractivity (Wildman–Crippen MR) is 57.9 cm³/mol. The molecule has 0 heterocycles. The lowest BCUT2D eigenvalue weighted by molar-refractivity contribution is -0.150. The fraction of sp³-hybridized carbons (Fsp3) is 1.00. The molecule has 2 N–H and O–H groups in total. The van der Waals surface area contributed by atoms with Gasteiger partial charge in [0, 0.05) is 5.41 Å². The Morgan fingerprint density at radius 3 is 1.50 bits per heavy atom. The van der Waals surface area contributed by atoms with Gasteiger partial charge in [0.1, 0.15) is 0 Å². The fourth-order valence-corrected chi connectivity index (χ4v) is 3.10. The summed E-state index contributed by atoms with van der Waals surface area (Å²) in [6, 6.07) is 0. The number of hydrogen-bond acceptors (Lipinski definition) is 2. The van der Waals surface area contributed by atoms with Crippen LogP contribution in [0.4, 0.5) is 0 Å². The van der Waals surface area contributed by atoms with E-state index in [1.165, 1.54) is 0 Å². The summed E-state index contributed by atoms with van der Waals surface area (Å²) in [5.74, 6) is 1.27. The Morgan fingerprint density at radius 2 is 1.29 bits per heavy atom. The van der Waals surface area contributed by atoms with Crippen molar-refractivity contribution in [3.05, 3.63) is 0 Å². The Kier molecular flexibility index (Phi) is 3.27. The lowest BCUT2D eigenvalue weighted by atomic mass is 9.46. The van der Waals surface area contributed by atoms with Crippen molar-refractivity contribution in [1.82, 2.24) is 0 Å². The summed E-state index contributed by atoms with van der Waals surface area (Å²) in [5, 5.41) is 18.5. The molecule has 0 spiro atoms. The zero-order chi connectivity index (χ0) is 11.0. The standard InChI is InChI=1S/C12H24O2/c1-9(2)12(10(3)4)5-11(6-12,7-13)8-14/h9-10,13-14H,5-8H2,1-4H3. The molecular weight excluding hydrogens is 176 g/mol. The van der Waals surface area contributed by atoms with Crippen LogP contribution in [-0.4, -0.2) is 23.4 Å². The summed E-state index contributed by atoms with van der Waals surface area (Å²) in [6.07, 6.45) is 1.95. The molecule has 0 atom stereocenters. The van der Waals surface area contributed by atoms with Crippen molar-refractivity contribution < 1.29 is 10.2 Å². The van der Waals surface area contributed by atoms with Gasteiger partial charge in [0.25, 0.3) is 0 Å². The summed E-state index contributed by atoms with van der Waals surface area (Å²) in [4.78, 5) is 0. The molecule has 1 aliphatic carbocycles. The van der Waals surface area contributed by atoms with Gasteiger partial charge in [0.2, 0.25) is 0 Å². The molecule has 0 radical (unpaired) electrons. The van der Waals surface area contributed by atoms with E-state index in [-0.39, 0.29) is 18.6 Å². The van der Waals surface area contributed by atoms with E-state index in [4.69, 9.17) is 0 Å². The smallest absolute Gasteiger partial charge is 0.0509 e. The highest BCUT2D eigenvalue weighted by molar-refractivity contribution is 5.05. The first-order chi connectivity index (χ1) is 6.42. The van der Waals surface area contributed by atoms with E-state index < -0.39 is 0 Å². The van der Waals surface area contributed by atoms with Gasteiger partial charge < -0.3 is 10.2 Å². The molecule has 2 nitrogen and oxygen atoms in total. The third-order valence-corrected chi connectivity index (χ3v) is 4.38. The second-order valence-electron chi connectivity index (χ2n) is 5.71. The number of aliphatic hydroxyl groups is 2. The van der Waals surface area contributed by atoms with Crippen LogP contribution in [0.2, 0.25) is 0 Å². The molecule has 0 bridgehead atoms. The molecule has 1 saturated carbocycles. The zero-order valence-corrected chi connectivity index (χ0v) is 9.88. The van der Waals surface area contributed by atoms with Gasteiger partial charge in [0.15, 0.2) is 0 Å². The maximum absolute atomic E-state index is 9.27. The van der Waals surface area contributed by atoms with E-state index >= 15 is 0 Å². The second kappa shape index (κ2) is 3.82. The van der Waals surface area contributed by atoms with E-state index in [9.17, 15) is 10.2 Å². The SMILES string of the molecule is CC(C)C1(C(C)C)CC(CO)(CO)C1. The number of hydrogen-bond donors (Lipinski definition) is 2. The molecule has 0 amide bonds. The molecule has 0 aromatic rings. The van der Waals surface area contributed by atoms with Gasteiger partial charge in [-0.05, 0) is 30.1 Å². The maximum atomic E-state index is 9.27. The highest BCUT2D eigenvalue weighted by Crippen LogP contribution is 2.61. The Hall–Kier alpha value is -0.0800. The van der Waals surface area contributed by atoms with Crippen LogP contribution in [0.1, 0.15) is 40.5 Å². The molecule has 0 unspecified atom stereocenters. The third kappa shape index (κ3) is 1.59. The van der Waals surface area contributed by atoms with Gasteiger partial charge in [-0.1, -0.05) is 27.7 Å². The van der Waals surface area contributed by atoms with Crippen molar-refractivity contribution in [3.8, 4) is 0 Å². The molecule has 84 valence electrons. The van der Waals surface area contributed by atoms with Crippen molar-refractivity contribution >= 4 is 0 Å². The largest absolute Gasteiger partial charge is 0.396 e. The Morgan fingerprint density at radius 1 is 0.929 bits per heavy atom. The summed E-state index contributed by atoms with van der Waals surface area (Å²) in [7, 11) is 0. The minimum absolute atomic E-state index is 0.130. The molecule has 1 aliphatic rings. The minimum atomic E-state index is -0.186. The van der Waals surface area contributed by atoms with Gasteiger partial charge >= 0.3 is 0 Å². The van der Waals surface area contributed by atoms with E-state index in [0.29, 0.717) is 17.3 Å². The molecular formula is C12H24O2. The normalized spacial score (nSPS) is 24.0. The summed E-state index contributed by atoms with van der Waals surface area (Å²) in [6.45, 7) is 9.25. The summed E-state index contributed by atoms with van der Waals surface area (Å²) < 4.78 is 0. The van der Waals surface area contributed by atoms with Crippen LogP contribution in [-0.2, 0) is 0 Å². The van der Waals surface area contributed by atoms with E-state index in [0.717, 1.165) is 12.8 Å². The summed E-state index contributed by atoms with van der Waals surface area (Å²) in [5.41, 5.74) is 0.153. The van der Waals surface area contributed by atoms with Crippen molar-refractivity contribution in [1.29, 1.82) is 0 Å². The van der Waals surface area contributed by atoms with Crippen LogP contribution < -0.4 is 0 Å². The van der Waals surface area contributed by atoms with Crippen LogP contribution in [0, 0.1) is 22.7 Å². The van der Waals surface area contributed by atoms with Gasteiger partial charge in [-0.2, -0.15) is 0 Å². The topological polar surface area (TPSA) is 40.5 Å². The Labute approximate surface area is 87.3 Å². The quantitative estimate of drug-likeness (QED) is 0.729. The van der Waals surface area contributed by atoms with Crippen molar-refractivity contribution in [2.45, 2.75) is 40.5 Å². The first-order valence-electron chi connectivity index (χ1n) is 5.64. The van der Waals surface area contributed by atoms with Crippen molar-refractivity contribution in [2.75, 3.05) is 13.2 Å². The lowest BCUT2D eigenvalue weighted by Gasteiger charge is -2.60. The number of rotatable bonds is 4. The molecule has 1 rings (SSSR count). The zero-order valence-electron chi connectivity index (χ0n) is 9.88. The average Bonchev–Trinajstić information content (AvgIpc) is 2.03. The Balaban J connectivity index is 2.73. The van der Waals surface area contributed by atoms with E-state index in [2.05, 4.69) is 27.7 Å². The fourth-order valence-electron chi connectivity index (χ4n) is 3.10. The van der Waals surface area contributed by atoms with Crippen molar-refractivity contribution in [3.63, 3.8) is 0 Å². The van der Waals surface area contributed by atoms with Gasteiger partial charge in [-0.15, -0.1) is 0 Å². The molecule has 2 heteroatoms. The van der Waals surface area contributed by atoms with Gasteiger partial charge in [-0.25, -0.2) is 0 Å². The second-order valence-corrected chi connectivity index (χ2v) is 5.71. The molecule has 1 fully saturated rings. The first kappa shape index (κ1) is 12.0. The van der Waals surface area contributed by atoms with Crippen LogP contribution in [0.15, 0.2) is 0 Å². The molecule has 14 heavy (non-hydrogen) atoms. The highest BCUT2D eigenvalue weighted by atomic mass is 16.3. The van der Waals surface area contributed by atoms with Crippen LogP contribution in [0.5, 0.6) is 0 Å². The lowest BCUT2D eigenvalue weighted by Crippen LogP contribution is -2.55. The molecule has 0 aromatic carbocycles. The third-order valence-electron chi connectivity index (χ3n) is 4.38. The Bertz CT molecular complexity index is 174. The maximum Gasteiger partial charge on any atom is 0.0509 e. The molecule has 0 aliphatic heterocycles.